The number of hydrogen-bond acceptors (Lipinski definition) is 5. The number of benzene rings is 2. The van der Waals surface area contributed by atoms with E-state index in [-0.39, 0.29) is 39.3 Å². The molecule has 1 atom stereocenters. The number of rotatable bonds is 7. The van der Waals surface area contributed by atoms with Crippen LogP contribution >= 0.6 is 11.6 Å². The fourth-order valence-electron chi connectivity index (χ4n) is 4.09. The minimum atomic E-state index is -0.829. The summed E-state index contributed by atoms with van der Waals surface area (Å²) in [5.74, 6) is -2.28. The van der Waals surface area contributed by atoms with Crippen LogP contribution < -0.4 is 10.6 Å². The van der Waals surface area contributed by atoms with Gasteiger partial charge < -0.3 is 15.4 Å². The van der Waals surface area contributed by atoms with Gasteiger partial charge in [0.2, 0.25) is 0 Å². The van der Waals surface area contributed by atoms with Crippen molar-refractivity contribution in [1.29, 1.82) is 0 Å². The maximum Gasteiger partial charge on any atom is 0.271 e. The van der Waals surface area contributed by atoms with Gasteiger partial charge in [0.1, 0.15) is 23.1 Å². The Bertz CT molecular complexity index is 1490. The second-order valence-corrected chi connectivity index (χ2v) is 9.11. The number of pyridine rings is 1. The molecule has 2 aromatic heterocycles. The number of anilines is 1. The van der Waals surface area contributed by atoms with Crippen LogP contribution in [0.1, 0.15) is 27.3 Å². The topological polar surface area (TPSA) is 98.1 Å². The van der Waals surface area contributed by atoms with Crippen molar-refractivity contribution >= 4 is 29.2 Å². The lowest BCUT2D eigenvalue weighted by atomic mass is 10.1. The lowest BCUT2D eigenvalue weighted by Crippen LogP contribution is -2.29. The van der Waals surface area contributed by atoms with E-state index < -0.39 is 23.4 Å². The monoisotopic (exact) mass is 537 g/mol. The summed E-state index contributed by atoms with van der Waals surface area (Å²) >= 11 is 6.19. The first kappa shape index (κ1) is 25.5. The van der Waals surface area contributed by atoms with Gasteiger partial charge in [-0.25, -0.2) is 13.5 Å². The normalized spacial score (nSPS) is 14.9. The first-order valence-electron chi connectivity index (χ1n) is 11.8. The summed E-state index contributed by atoms with van der Waals surface area (Å²) in [6.07, 6.45) is 2.18. The van der Waals surface area contributed by atoms with Crippen LogP contribution in [0.3, 0.4) is 0 Å². The van der Waals surface area contributed by atoms with Crippen LogP contribution in [0.15, 0.2) is 66.9 Å². The Kier molecular flexibility index (Phi) is 7.43. The Morgan fingerprint density at radius 3 is 2.61 bits per heavy atom. The maximum absolute atomic E-state index is 14.7. The Morgan fingerprint density at radius 2 is 1.87 bits per heavy atom. The minimum Gasteiger partial charge on any atom is -0.381 e. The zero-order valence-corrected chi connectivity index (χ0v) is 20.7. The number of ether oxygens (including phenoxy) is 1. The van der Waals surface area contributed by atoms with Crippen LogP contribution in [0.4, 0.5) is 14.6 Å². The number of aromatic nitrogens is 3. The van der Waals surface area contributed by atoms with Crippen LogP contribution in [0.5, 0.6) is 0 Å². The SMILES string of the molecule is O=C(NCC1CCOC1)c1cc(NC(=O)c2cc(-c3ncccc3F)c(F)cc2Cl)n(-c2ccccc2)n1. The molecule has 1 aliphatic heterocycles. The van der Waals surface area contributed by atoms with Crippen molar-refractivity contribution in [3.05, 3.63) is 94.8 Å². The second-order valence-electron chi connectivity index (χ2n) is 8.70. The summed E-state index contributed by atoms with van der Waals surface area (Å²) < 4.78 is 35.7. The highest BCUT2D eigenvalue weighted by Gasteiger charge is 2.23. The van der Waals surface area contributed by atoms with Crippen LogP contribution in [0.2, 0.25) is 5.02 Å². The molecule has 0 bridgehead atoms. The molecule has 3 heterocycles. The first-order valence-corrected chi connectivity index (χ1v) is 12.2. The minimum absolute atomic E-state index is 0.0875. The first-order chi connectivity index (χ1) is 18.4. The molecule has 2 amide bonds. The summed E-state index contributed by atoms with van der Waals surface area (Å²) in [4.78, 5) is 30.0. The van der Waals surface area contributed by atoms with Gasteiger partial charge in [-0.3, -0.25) is 14.6 Å². The lowest BCUT2D eigenvalue weighted by molar-refractivity contribution is 0.0938. The number of halogens is 3. The molecule has 2 N–H and O–H groups in total. The van der Waals surface area contributed by atoms with Gasteiger partial charge in [-0.15, -0.1) is 0 Å². The Labute approximate surface area is 221 Å². The fourth-order valence-corrected chi connectivity index (χ4v) is 4.33. The average Bonchev–Trinajstić information content (AvgIpc) is 3.59. The molecule has 0 saturated carbocycles. The van der Waals surface area contributed by atoms with Gasteiger partial charge in [0.15, 0.2) is 5.69 Å². The summed E-state index contributed by atoms with van der Waals surface area (Å²) in [6.45, 7) is 1.69. The molecule has 194 valence electrons. The molecule has 0 radical (unpaired) electrons. The zero-order chi connectivity index (χ0) is 26.6. The van der Waals surface area contributed by atoms with Crippen molar-refractivity contribution in [1.82, 2.24) is 20.1 Å². The van der Waals surface area contributed by atoms with E-state index >= 15 is 0 Å². The number of nitrogens with zero attached hydrogens (tertiary/aromatic N) is 3. The van der Waals surface area contributed by atoms with E-state index in [2.05, 4.69) is 20.7 Å². The molecule has 1 saturated heterocycles. The van der Waals surface area contributed by atoms with Gasteiger partial charge >= 0.3 is 0 Å². The standard InChI is InChI=1S/C27H22ClF2N5O3/c28-20-12-22(30)19(25-21(29)7-4-9-31-25)11-18(20)26(36)33-24-13-23(27(37)32-14-16-8-10-38-15-16)34-35(24)17-5-2-1-3-6-17/h1-7,9,11-13,16H,8,10,14-15H2,(H,32,37)(H,33,36). The second kappa shape index (κ2) is 11.1. The van der Waals surface area contributed by atoms with E-state index in [9.17, 15) is 18.4 Å². The van der Waals surface area contributed by atoms with Crippen LogP contribution in [0, 0.1) is 17.6 Å². The highest BCUT2D eigenvalue weighted by atomic mass is 35.5. The molecular formula is C27H22ClF2N5O3. The van der Waals surface area contributed by atoms with E-state index in [1.807, 2.05) is 6.07 Å². The van der Waals surface area contributed by atoms with Crippen molar-refractivity contribution in [3.8, 4) is 16.9 Å². The summed E-state index contributed by atoms with van der Waals surface area (Å²) in [5, 5.41) is 9.76. The third kappa shape index (κ3) is 5.41. The molecule has 1 fully saturated rings. The molecular weight excluding hydrogens is 516 g/mol. The summed E-state index contributed by atoms with van der Waals surface area (Å²) in [7, 11) is 0. The van der Waals surface area contributed by atoms with Crippen molar-refractivity contribution < 1.29 is 23.1 Å². The fraction of sp³-hybridized carbons (Fsp3) is 0.185. The molecule has 11 heteroatoms. The smallest absolute Gasteiger partial charge is 0.271 e. The Hall–Kier alpha value is -4.15. The number of nitrogens with one attached hydrogen (secondary N) is 2. The van der Waals surface area contributed by atoms with Gasteiger partial charge in [-0.05, 0) is 42.8 Å². The van der Waals surface area contributed by atoms with E-state index in [1.54, 1.807) is 24.3 Å². The predicted molar refractivity (Wildman–Crippen MR) is 137 cm³/mol. The summed E-state index contributed by atoms with van der Waals surface area (Å²) in [6, 6.07) is 14.9. The third-order valence-corrected chi connectivity index (χ3v) is 6.39. The third-order valence-electron chi connectivity index (χ3n) is 6.07. The van der Waals surface area contributed by atoms with E-state index in [4.69, 9.17) is 16.3 Å². The number of hydrogen-bond donors (Lipinski definition) is 2. The van der Waals surface area contributed by atoms with Crippen molar-refractivity contribution in [3.63, 3.8) is 0 Å². The van der Waals surface area contributed by atoms with Gasteiger partial charge in [-0.2, -0.15) is 5.10 Å². The quantitative estimate of drug-likeness (QED) is 0.350. The van der Waals surface area contributed by atoms with Crippen LogP contribution in [0.25, 0.3) is 16.9 Å². The van der Waals surface area contributed by atoms with Gasteiger partial charge in [0.05, 0.1) is 22.9 Å². The van der Waals surface area contributed by atoms with E-state index in [1.165, 1.54) is 23.0 Å². The zero-order valence-electron chi connectivity index (χ0n) is 20.0. The predicted octanol–water partition coefficient (Wildman–Crippen LogP) is 4.88. The highest BCUT2D eigenvalue weighted by Crippen LogP contribution is 2.30. The van der Waals surface area contributed by atoms with Crippen LogP contribution in [-0.2, 0) is 4.74 Å². The van der Waals surface area contributed by atoms with Crippen LogP contribution in [-0.4, -0.2) is 46.3 Å². The number of para-hydroxylation sites is 1. The van der Waals surface area contributed by atoms with Crippen molar-refractivity contribution in [2.24, 2.45) is 5.92 Å². The molecule has 4 aromatic rings. The molecule has 1 unspecified atom stereocenters. The number of carbonyl (C=O) groups is 2. The van der Waals surface area contributed by atoms with Gasteiger partial charge in [-0.1, -0.05) is 29.8 Å². The lowest BCUT2D eigenvalue weighted by Gasteiger charge is -2.12. The van der Waals surface area contributed by atoms with E-state index in [0.717, 1.165) is 24.6 Å². The van der Waals surface area contributed by atoms with Gasteiger partial charge in [0, 0.05) is 36.9 Å². The molecule has 0 aliphatic carbocycles. The van der Waals surface area contributed by atoms with Crippen molar-refractivity contribution in [2.75, 3.05) is 25.1 Å². The Morgan fingerprint density at radius 1 is 1.05 bits per heavy atom. The van der Waals surface area contributed by atoms with Gasteiger partial charge in [0.25, 0.3) is 11.8 Å². The molecule has 1 aliphatic rings. The van der Waals surface area contributed by atoms with Crippen molar-refractivity contribution in [2.45, 2.75) is 6.42 Å². The number of amides is 2. The largest absolute Gasteiger partial charge is 0.381 e. The number of carbonyl (C=O) groups excluding carboxylic acids is 2. The molecule has 5 rings (SSSR count). The highest BCUT2D eigenvalue weighted by molar-refractivity contribution is 6.34. The summed E-state index contributed by atoms with van der Waals surface area (Å²) in [5.41, 5.74) is 0.0972. The molecule has 8 nitrogen and oxygen atoms in total. The molecule has 2 aromatic carbocycles. The average molecular weight is 538 g/mol. The molecule has 38 heavy (non-hydrogen) atoms. The molecule has 0 spiro atoms. The Balaban J connectivity index is 1.45. The maximum atomic E-state index is 14.7. The van der Waals surface area contributed by atoms with E-state index in [0.29, 0.717) is 25.4 Å².